The molecule has 1 aliphatic heterocycles. The zero-order chi connectivity index (χ0) is 20.4. The molecule has 0 fully saturated rings. The number of carbonyl (C=O) groups excluding carboxylic acids is 1. The van der Waals surface area contributed by atoms with E-state index in [1.165, 1.54) is 16.0 Å². The molecular weight excluding hydrogens is 384 g/mol. The Hall–Kier alpha value is -2.51. The van der Waals surface area contributed by atoms with Gasteiger partial charge in [-0.25, -0.2) is 0 Å². The Morgan fingerprint density at radius 1 is 1.31 bits per heavy atom. The average Bonchev–Trinajstić information content (AvgIpc) is 3.30. The maximum atomic E-state index is 13.2. The summed E-state index contributed by atoms with van der Waals surface area (Å²) in [6, 6.07) is 3.93. The second kappa shape index (κ2) is 8.47. The zero-order valence-electron chi connectivity index (χ0n) is 17.1. The first-order chi connectivity index (χ1) is 14.1. The molecule has 0 atom stereocenters. The van der Waals surface area contributed by atoms with Gasteiger partial charge < -0.3 is 9.42 Å². The smallest absolute Gasteiger partial charge is 0.255 e. The molecule has 0 aliphatic carbocycles. The molecule has 29 heavy (non-hydrogen) atoms. The Bertz CT molecular complexity index is 976. The number of hydrogen-bond donors (Lipinski definition) is 0. The highest BCUT2D eigenvalue weighted by atomic mass is 32.1. The molecule has 3 aromatic heterocycles. The van der Waals surface area contributed by atoms with Gasteiger partial charge in [-0.1, -0.05) is 5.16 Å². The van der Waals surface area contributed by atoms with Gasteiger partial charge in [0.25, 0.3) is 5.91 Å². The van der Waals surface area contributed by atoms with Crippen LogP contribution >= 0.6 is 11.3 Å². The van der Waals surface area contributed by atoms with Crippen molar-refractivity contribution in [2.24, 2.45) is 0 Å². The van der Waals surface area contributed by atoms with Crippen LogP contribution in [0.3, 0.4) is 0 Å². The second-order valence-electron chi connectivity index (χ2n) is 7.49. The van der Waals surface area contributed by atoms with E-state index in [-0.39, 0.29) is 5.91 Å². The van der Waals surface area contributed by atoms with Crippen molar-refractivity contribution < 1.29 is 9.32 Å². The molecule has 0 saturated heterocycles. The van der Waals surface area contributed by atoms with Gasteiger partial charge >= 0.3 is 0 Å². The lowest BCUT2D eigenvalue weighted by atomic mass is 10.0. The van der Waals surface area contributed by atoms with Crippen LogP contribution in [0.2, 0.25) is 0 Å². The highest BCUT2D eigenvalue weighted by Crippen LogP contribution is 2.31. The van der Waals surface area contributed by atoms with E-state index in [1.54, 1.807) is 23.7 Å². The molecule has 0 aromatic carbocycles. The normalized spacial score (nSPS) is 14.0. The molecule has 0 bridgehead atoms. The van der Waals surface area contributed by atoms with Crippen molar-refractivity contribution in [1.82, 2.24) is 19.9 Å². The topological polar surface area (TPSA) is 62.5 Å². The molecule has 7 heteroatoms. The van der Waals surface area contributed by atoms with Gasteiger partial charge in [0.2, 0.25) is 0 Å². The Morgan fingerprint density at radius 3 is 2.79 bits per heavy atom. The lowest BCUT2D eigenvalue weighted by Crippen LogP contribution is -2.33. The van der Waals surface area contributed by atoms with Crippen molar-refractivity contribution in [3.8, 4) is 0 Å². The predicted octanol–water partition coefficient (Wildman–Crippen LogP) is 3.97. The first-order valence-corrected chi connectivity index (χ1v) is 10.9. The van der Waals surface area contributed by atoms with Gasteiger partial charge in [-0.3, -0.25) is 14.7 Å². The summed E-state index contributed by atoms with van der Waals surface area (Å²) >= 11 is 1.70. The Kier molecular flexibility index (Phi) is 5.78. The first-order valence-electron chi connectivity index (χ1n) is 9.98. The van der Waals surface area contributed by atoms with E-state index in [0.29, 0.717) is 13.1 Å². The van der Waals surface area contributed by atoms with Gasteiger partial charge in [-0.05, 0) is 50.5 Å². The summed E-state index contributed by atoms with van der Waals surface area (Å²) in [7, 11) is 0. The van der Waals surface area contributed by atoms with Gasteiger partial charge in [0.1, 0.15) is 5.76 Å². The number of carbonyl (C=O) groups is 1. The number of rotatable bonds is 6. The van der Waals surface area contributed by atoms with E-state index < -0.39 is 0 Å². The summed E-state index contributed by atoms with van der Waals surface area (Å²) in [5.41, 5.74) is 5.34. The van der Waals surface area contributed by atoms with Crippen LogP contribution in [-0.2, 0) is 26.1 Å². The minimum absolute atomic E-state index is 0.126. The molecule has 1 amide bonds. The highest BCUT2D eigenvalue weighted by molar-refractivity contribution is 7.10. The maximum Gasteiger partial charge on any atom is 0.255 e. The largest absolute Gasteiger partial charge is 0.361 e. The van der Waals surface area contributed by atoms with Crippen LogP contribution in [0.25, 0.3) is 0 Å². The number of hydrogen-bond acceptors (Lipinski definition) is 6. The van der Waals surface area contributed by atoms with Crippen LogP contribution in [-0.4, -0.2) is 38.9 Å². The van der Waals surface area contributed by atoms with Crippen LogP contribution in [0.1, 0.15) is 50.3 Å². The molecule has 3 aromatic rings. The fourth-order valence-corrected chi connectivity index (χ4v) is 4.97. The van der Waals surface area contributed by atoms with Gasteiger partial charge in [-0.15, -0.1) is 11.3 Å². The molecule has 152 valence electrons. The molecule has 1 aliphatic rings. The van der Waals surface area contributed by atoms with Crippen molar-refractivity contribution in [2.45, 2.75) is 46.8 Å². The molecule has 0 spiro atoms. The Morgan fingerprint density at radius 2 is 2.10 bits per heavy atom. The minimum Gasteiger partial charge on any atom is -0.361 e. The summed E-state index contributed by atoms with van der Waals surface area (Å²) < 4.78 is 5.30. The second-order valence-corrected chi connectivity index (χ2v) is 8.45. The average molecular weight is 411 g/mol. The van der Waals surface area contributed by atoms with Crippen LogP contribution in [0.5, 0.6) is 0 Å². The van der Waals surface area contributed by atoms with E-state index in [9.17, 15) is 4.79 Å². The first kappa shape index (κ1) is 19.8. The summed E-state index contributed by atoms with van der Waals surface area (Å²) in [5.74, 6) is 1.02. The number of amides is 1. The van der Waals surface area contributed by atoms with E-state index >= 15 is 0 Å². The van der Waals surface area contributed by atoms with E-state index in [4.69, 9.17) is 4.52 Å². The Labute approximate surface area is 175 Å². The van der Waals surface area contributed by atoms with Crippen molar-refractivity contribution in [3.63, 3.8) is 0 Å². The Balaban J connectivity index is 1.48. The third-order valence-electron chi connectivity index (χ3n) is 5.61. The monoisotopic (exact) mass is 410 g/mol. The predicted molar refractivity (Wildman–Crippen MR) is 113 cm³/mol. The van der Waals surface area contributed by atoms with Crippen LogP contribution in [0.4, 0.5) is 0 Å². The van der Waals surface area contributed by atoms with Crippen LogP contribution < -0.4 is 0 Å². The number of thiophene rings is 1. The zero-order valence-corrected chi connectivity index (χ0v) is 18.0. The fraction of sp³-hybridized carbons (Fsp3) is 0.409. The van der Waals surface area contributed by atoms with Crippen LogP contribution in [0, 0.1) is 13.8 Å². The van der Waals surface area contributed by atoms with E-state index in [1.807, 2.05) is 43.2 Å². The SMILES string of the molecule is CCN(Cc1ccncc1)C(=O)c1csc2c1CCN(Cc1c(C)noc1C)C2. The van der Waals surface area contributed by atoms with Gasteiger partial charge in [0.15, 0.2) is 0 Å². The van der Waals surface area contributed by atoms with Crippen molar-refractivity contribution in [1.29, 1.82) is 0 Å². The summed E-state index contributed by atoms with van der Waals surface area (Å²) in [4.78, 5) is 22.9. The quantitative estimate of drug-likeness (QED) is 0.615. The summed E-state index contributed by atoms with van der Waals surface area (Å²) in [6.07, 6.45) is 4.44. The molecule has 0 N–H and O–H groups in total. The molecule has 0 saturated carbocycles. The number of pyridine rings is 1. The number of fused-ring (bicyclic) bond motifs is 1. The molecule has 0 radical (unpaired) electrons. The minimum atomic E-state index is 0.126. The third kappa shape index (κ3) is 4.11. The van der Waals surface area contributed by atoms with Gasteiger partial charge in [0, 0.05) is 60.9 Å². The molecule has 6 nitrogen and oxygen atoms in total. The van der Waals surface area contributed by atoms with Crippen molar-refractivity contribution >= 4 is 17.2 Å². The number of aromatic nitrogens is 2. The number of aryl methyl sites for hydroxylation is 2. The van der Waals surface area contributed by atoms with E-state index in [2.05, 4.69) is 15.0 Å². The fourth-order valence-electron chi connectivity index (χ4n) is 3.85. The standard InChI is InChI=1S/C22H26N4O2S/c1-4-26(11-17-5-8-23-9-6-17)22(27)20-14-29-21-13-25(10-7-18(20)21)12-19-15(2)24-28-16(19)3/h5-6,8-9,14H,4,7,10-13H2,1-3H3. The molecule has 0 unspecified atom stereocenters. The lowest BCUT2D eigenvalue weighted by molar-refractivity contribution is 0.0751. The molecular formula is C22H26N4O2S. The third-order valence-corrected chi connectivity index (χ3v) is 6.62. The van der Waals surface area contributed by atoms with Gasteiger partial charge in [0.05, 0.1) is 11.3 Å². The molecule has 4 rings (SSSR count). The highest BCUT2D eigenvalue weighted by Gasteiger charge is 2.27. The van der Waals surface area contributed by atoms with Gasteiger partial charge in [-0.2, -0.15) is 0 Å². The summed E-state index contributed by atoms with van der Waals surface area (Å²) in [5, 5.41) is 6.11. The molecule has 4 heterocycles. The van der Waals surface area contributed by atoms with Crippen molar-refractivity contribution in [2.75, 3.05) is 13.1 Å². The maximum absolute atomic E-state index is 13.2. The van der Waals surface area contributed by atoms with E-state index in [0.717, 1.165) is 48.6 Å². The summed E-state index contributed by atoms with van der Waals surface area (Å²) in [6.45, 7) is 9.93. The lowest BCUT2D eigenvalue weighted by Gasteiger charge is -2.28. The number of nitrogens with zero attached hydrogens (tertiary/aromatic N) is 4. The van der Waals surface area contributed by atoms with Crippen molar-refractivity contribution in [3.05, 3.63) is 68.5 Å². The van der Waals surface area contributed by atoms with Crippen LogP contribution in [0.15, 0.2) is 34.4 Å².